The van der Waals surface area contributed by atoms with E-state index in [9.17, 15) is 9.59 Å². The molecule has 5 nitrogen and oxygen atoms in total. The molecule has 2 heterocycles. The van der Waals surface area contributed by atoms with Gasteiger partial charge in [-0.25, -0.2) is 13.3 Å². The molecule has 0 unspecified atom stereocenters. The molecule has 0 N–H and O–H groups in total. The second kappa shape index (κ2) is 7.43. The fraction of sp³-hybridized carbons (Fsp3) is 0.300. The second-order valence-corrected chi connectivity index (χ2v) is 7.55. The van der Waals surface area contributed by atoms with Crippen molar-refractivity contribution in [3.8, 4) is 5.69 Å². The summed E-state index contributed by atoms with van der Waals surface area (Å²) in [5.41, 5.74) is 1.73. The zero-order chi connectivity index (χ0) is 17.9. The standard InChI is InChI=1S/C20H21N3O2S/c24-19-22(17-9-5-2-6-10-17)20(25)26-23(19)18-11-13-21(14-12-18)15-16-7-3-1-4-8-16/h1-10,18H,11-15H2. The molecule has 1 saturated heterocycles. The van der Waals surface area contributed by atoms with Crippen LogP contribution in [0, 0.1) is 0 Å². The molecular weight excluding hydrogens is 346 g/mol. The van der Waals surface area contributed by atoms with Crippen LogP contribution in [0.1, 0.15) is 24.4 Å². The average Bonchev–Trinajstić information content (AvgIpc) is 2.98. The Labute approximate surface area is 155 Å². The third kappa shape index (κ3) is 3.43. The zero-order valence-electron chi connectivity index (χ0n) is 14.5. The molecule has 1 fully saturated rings. The van der Waals surface area contributed by atoms with Crippen molar-refractivity contribution in [2.75, 3.05) is 13.1 Å². The number of aromatic nitrogens is 2. The smallest absolute Gasteiger partial charge is 0.299 e. The van der Waals surface area contributed by atoms with Crippen LogP contribution in [0.15, 0.2) is 70.3 Å². The Hall–Kier alpha value is -2.44. The molecule has 1 aliphatic rings. The molecule has 3 aromatic rings. The van der Waals surface area contributed by atoms with Gasteiger partial charge in [0.1, 0.15) is 0 Å². The van der Waals surface area contributed by atoms with Crippen molar-refractivity contribution >= 4 is 11.5 Å². The van der Waals surface area contributed by atoms with E-state index in [1.54, 1.807) is 16.1 Å². The highest BCUT2D eigenvalue weighted by molar-refractivity contribution is 7.03. The number of hydrogen-bond acceptors (Lipinski definition) is 4. The fourth-order valence-electron chi connectivity index (χ4n) is 3.52. The SMILES string of the molecule is O=c1sn(C2CCN(Cc3ccccc3)CC2)c(=O)n1-c1ccccc1. The molecule has 6 heteroatoms. The van der Waals surface area contributed by atoms with Gasteiger partial charge in [-0.3, -0.25) is 9.69 Å². The van der Waals surface area contributed by atoms with Gasteiger partial charge < -0.3 is 0 Å². The van der Waals surface area contributed by atoms with E-state index in [0.29, 0.717) is 5.69 Å². The van der Waals surface area contributed by atoms with E-state index in [0.717, 1.165) is 44.0 Å². The number of nitrogens with zero attached hydrogens (tertiary/aromatic N) is 3. The van der Waals surface area contributed by atoms with Gasteiger partial charge in [-0.1, -0.05) is 48.5 Å². The first kappa shape index (κ1) is 17.0. The van der Waals surface area contributed by atoms with Crippen LogP contribution >= 0.6 is 11.5 Å². The number of piperidine rings is 1. The molecule has 0 aliphatic carbocycles. The van der Waals surface area contributed by atoms with Crippen LogP contribution < -0.4 is 10.6 Å². The van der Waals surface area contributed by atoms with Gasteiger partial charge in [-0.15, -0.1) is 0 Å². The number of likely N-dealkylation sites (tertiary alicyclic amines) is 1. The van der Waals surface area contributed by atoms with E-state index in [1.165, 1.54) is 10.1 Å². The highest BCUT2D eigenvalue weighted by atomic mass is 32.1. The molecule has 134 valence electrons. The molecule has 0 saturated carbocycles. The quantitative estimate of drug-likeness (QED) is 0.712. The van der Waals surface area contributed by atoms with E-state index in [2.05, 4.69) is 29.2 Å². The summed E-state index contributed by atoms with van der Waals surface area (Å²) in [6.45, 7) is 2.80. The maximum atomic E-state index is 12.8. The first-order valence-electron chi connectivity index (χ1n) is 8.89. The van der Waals surface area contributed by atoms with Crippen LogP contribution in [0.25, 0.3) is 5.69 Å². The Morgan fingerprint density at radius 1 is 0.885 bits per heavy atom. The van der Waals surface area contributed by atoms with Crippen molar-refractivity contribution < 1.29 is 0 Å². The Morgan fingerprint density at radius 3 is 2.15 bits per heavy atom. The lowest BCUT2D eigenvalue weighted by atomic mass is 10.0. The minimum atomic E-state index is -0.215. The van der Waals surface area contributed by atoms with Crippen LogP contribution in [0.3, 0.4) is 0 Å². The van der Waals surface area contributed by atoms with Crippen molar-refractivity contribution in [2.24, 2.45) is 0 Å². The Morgan fingerprint density at radius 2 is 1.50 bits per heavy atom. The summed E-state index contributed by atoms with van der Waals surface area (Å²) in [5.74, 6) is 0. The van der Waals surface area contributed by atoms with Gasteiger partial charge >= 0.3 is 10.6 Å². The van der Waals surface area contributed by atoms with Gasteiger partial charge in [0.2, 0.25) is 0 Å². The molecule has 0 bridgehead atoms. The van der Waals surface area contributed by atoms with E-state index < -0.39 is 0 Å². The van der Waals surface area contributed by atoms with E-state index in [-0.39, 0.29) is 16.6 Å². The van der Waals surface area contributed by atoms with Crippen molar-refractivity contribution in [3.63, 3.8) is 0 Å². The second-order valence-electron chi connectivity index (χ2n) is 6.63. The van der Waals surface area contributed by atoms with Gasteiger partial charge in [-0.2, -0.15) is 0 Å². The Balaban J connectivity index is 1.49. The van der Waals surface area contributed by atoms with Crippen LogP contribution in [0.4, 0.5) is 0 Å². The van der Waals surface area contributed by atoms with Crippen LogP contribution in [0.2, 0.25) is 0 Å². The van der Waals surface area contributed by atoms with Gasteiger partial charge in [0, 0.05) is 31.2 Å². The summed E-state index contributed by atoms with van der Waals surface area (Å²) < 4.78 is 2.95. The molecule has 0 atom stereocenters. The first-order valence-corrected chi connectivity index (χ1v) is 9.66. The maximum Gasteiger partial charge on any atom is 0.346 e. The minimum Gasteiger partial charge on any atom is -0.299 e. The summed E-state index contributed by atoms with van der Waals surface area (Å²) >= 11 is 1.04. The van der Waals surface area contributed by atoms with Crippen LogP contribution in [-0.4, -0.2) is 26.5 Å². The molecule has 0 radical (unpaired) electrons. The summed E-state index contributed by atoms with van der Waals surface area (Å²) in [6, 6.07) is 19.7. The van der Waals surface area contributed by atoms with Crippen molar-refractivity contribution in [3.05, 3.63) is 86.4 Å². The highest BCUT2D eigenvalue weighted by Gasteiger charge is 2.24. The molecule has 4 rings (SSSR count). The monoisotopic (exact) mass is 367 g/mol. The molecule has 2 aromatic carbocycles. The Bertz CT molecular complexity index is 968. The van der Waals surface area contributed by atoms with Crippen molar-refractivity contribution in [1.82, 2.24) is 13.4 Å². The number of rotatable bonds is 4. The molecule has 26 heavy (non-hydrogen) atoms. The highest BCUT2D eigenvalue weighted by Crippen LogP contribution is 2.23. The van der Waals surface area contributed by atoms with E-state index >= 15 is 0 Å². The van der Waals surface area contributed by atoms with Crippen LogP contribution in [0.5, 0.6) is 0 Å². The average molecular weight is 367 g/mol. The minimum absolute atomic E-state index is 0.109. The topological polar surface area (TPSA) is 47.2 Å². The lowest BCUT2D eigenvalue weighted by molar-refractivity contribution is 0.182. The molecule has 1 aromatic heterocycles. The third-order valence-electron chi connectivity index (χ3n) is 4.89. The number of hydrogen-bond donors (Lipinski definition) is 0. The fourth-order valence-corrected chi connectivity index (χ4v) is 4.47. The summed E-state index contributed by atoms with van der Waals surface area (Å²) in [4.78, 5) is 27.3. The summed E-state index contributed by atoms with van der Waals surface area (Å²) in [5, 5.41) is 0. The van der Waals surface area contributed by atoms with Gasteiger partial charge in [0.05, 0.1) is 11.7 Å². The first-order chi connectivity index (χ1) is 12.7. The van der Waals surface area contributed by atoms with Crippen molar-refractivity contribution in [2.45, 2.75) is 25.4 Å². The van der Waals surface area contributed by atoms with Crippen LogP contribution in [-0.2, 0) is 6.54 Å². The molecule has 0 amide bonds. The van der Waals surface area contributed by atoms with Gasteiger partial charge in [0.25, 0.3) is 0 Å². The zero-order valence-corrected chi connectivity index (χ0v) is 15.3. The number of para-hydroxylation sites is 1. The van der Waals surface area contributed by atoms with Gasteiger partial charge in [-0.05, 0) is 30.5 Å². The third-order valence-corrected chi connectivity index (χ3v) is 5.88. The predicted octanol–water partition coefficient (Wildman–Crippen LogP) is 2.90. The molecular formula is C20H21N3O2S. The summed E-state index contributed by atoms with van der Waals surface area (Å²) in [6.07, 6.45) is 1.78. The lowest BCUT2D eigenvalue weighted by Crippen LogP contribution is -2.37. The molecule has 0 spiro atoms. The predicted molar refractivity (Wildman–Crippen MR) is 104 cm³/mol. The van der Waals surface area contributed by atoms with E-state index in [4.69, 9.17) is 0 Å². The Kier molecular flexibility index (Phi) is 4.86. The largest absolute Gasteiger partial charge is 0.346 e. The maximum absolute atomic E-state index is 12.8. The molecule has 1 aliphatic heterocycles. The van der Waals surface area contributed by atoms with Crippen molar-refractivity contribution in [1.29, 1.82) is 0 Å². The van der Waals surface area contributed by atoms with Gasteiger partial charge in [0.15, 0.2) is 0 Å². The van der Waals surface area contributed by atoms with E-state index in [1.807, 2.05) is 24.3 Å². The number of benzene rings is 2. The normalized spacial score (nSPS) is 16.0. The lowest BCUT2D eigenvalue weighted by Gasteiger charge is -2.31. The summed E-state index contributed by atoms with van der Waals surface area (Å²) in [7, 11) is 0.